The molecule has 27 heavy (non-hydrogen) atoms. The fraction of sp³-hybridized carbons (Fsp3) is 0.389. The van der Waals surface area contributed by atoms with E-state index < -0.39 is 0 Å². The lowest BCUT2D eigenvalue weighted by Crippen LogP contribution is -2.37. The van der Waals surface area contributed by atoms with Crippen LogP contribution in [0.15, 0.2) is 30.7 Å². The first-order valence-corrected chi connectivity index (χ1v) is 9.68. The molecule has 9 heteroatoms. The van der Waals surface area contributed by atoms with Crippen LogP contribution in [-0.2, 0) is 0 Å². The highest BCUT2D eigenvalue weighted by Gasteiger charge is 2.25. The fourth-order valence-corrected chi connectivity index (χ4v) is 3.79. The topological polar surface area (TPSA) is 100.0 Å². The number of hydrogen-bond acceptors (Lipinski definition) is 9. The number of phenols is 1. The molecule has 1 fully saturated rings. The van der Waals surface area contributed by atoms with Crippen molar-refractivity contribution < 1.29 is 5.11 Å². The van der Waals surface area contributed by atoms with E-state index in [4.69, 9.17) is 0 Å². The molecule has 1 aliphatic heterocycles. The molecular weight excluding hydrogens is 362 g/mol. The summed E-state index contributed by atoms with van der Waals surface area (Å²) in [7, 11) is 0. The maximum absolute atomic E-state index is 10.4. The van der Waals surface area contributed by atoms with Gasteiger partial charge in [0.05, 0.1) is 6.20 Å². The van der Waals surface area contributed by atoms with Crippen LogP contribution >= 0.6 is 11.5 Å². The van der Waals surface area contributed by atoms with Crippen LogP contribution in [0.3, 0.4) is 0 Å². The lowest BCUT2D eigenvalue weighted by molar-refractivity contribution is 0.477. The zero-order chi connectivity index (χ0) is 18.8. The summed E-state index contributed by atoms with van der Waals surface area (Å²) < 4.78 is 3.98. The Labute approximate surface area is 161 Å². The minimum atomic E-state index is 0.119. The van der Waals surface area contributed by atoms with Crippen molar-refractivity contribution in [1.29, 1.82) is 0 Å². The van der Waals surface area contributed by atoms with Crippen molar-refractivity contribution in [2.75, 3.05) is 18.0 Å². The van der Waals surface area contributed by atoms with Crippen LogP contribution in [0.1, 0.15) is 20.3 Å². The molecule has 1 atom stereocenters. The molecule has 8 nitrogen and oxygen atoms in total. The number of hydrogen-bond donors (Lipinski definition) is 2. The molecule has 0 bridgehead atoms. The molecule has 0 aliphatic carbocycles. The number of aromatic hydroxyl groups is 1. The van der Waals surface area contributed by atoms with Crippen molar-refractivity contribution in [3.05, 3.63) is 30.7 Å². The first-order valence-electron chi connectivity index (χ1n) is 8.91. The molecule has 3 heterocycles. The van der Waals surface area contributed by atoms with Crippen LogP contribution in [0, 0.1) is 0 Å². The van der Waals surface area contributed by atoms with E-state index in [0.717, 1.165) is 30.1 Å². The summed E-state index contributed by atoms with van der Waals surface area (Å²) >= 11 is 1.28. The van der Waals surface area contributed by atoms with Crippen LogP contribution in [0.5, 0.6) is 5.75 Å². The Morgan fingerprint density at radius 1 is 1.26 bits per heavy atom. The Hall–Kier alpha value is -2.65. The Morgan fingerprint density at radius 2 is 2.15 bits per heavy atom. The first kappa shape index (κ1) is 17.7. The standard InChI is InChI=1S/C18H21N7OS/c1-11(2)22-13-5-6-25(9-13)18-19-8-15(23-24-18)14-4-3-12(7-16(14)26)17-20-10-21-27-17/h3-4,7-8,10-11,13,22,26H,5-6,9H2,1-2H3/t13-/m0/s1. The molecule has 1 saturated heterocycles. The summed E-state index contributed by atoms with van der Waals surface area (Å²) in [6, 6.07) is 6.25. The van der Waals surface area contributed by atoms with E-state index in [1.54, 1.807) is 18.3 Å². The number of rotatable bonds is 5. The average molecular weight is 383 g/mol. The SMILES string of the molecule is CC(C)N[C@H]1CCN(c2ncc(-c3ccc(-c4ncns4)cc3O)nn2)C1. The third-order valence-electron chi connectivity index (χ3n) is 4.47. The van der Waals surface area contributed by atoms with Gasteiger partial charge >= 0.3 is 0 Å². The zero-order valence-electron chi connectivity index (χ0n) is 15.2. The Morgan fingerprint density at radius 3 is 2.81 bits per heavy atom. The van der Waals surface area contributed by atoms with Gasteiger partial charge in [0.1, 0.15) is 22.8 Å². The summed E-state index contributed by atoms with van der Waals surface area (Å²) in [5.74, 6) is 0.741. The molecule has 4 rings (SSSR count). The number of benzene rings is 1. The lowest BCUT2D eigenvalue weighted by Gasteiger charge is -2.18. The van der Waals surface area contributed by atoms with E-state index in [-0.39, 0.29) is 5.75 Å². The first-order chi connectivity index (χ1) is 13.1. The molecule has 0 amide bonds. The Bertz CT molecular complexity index is 899. The second kappa shape index (κ2) is 7.53. The van der Waals surface area contributed by atoms with Crippen molar-refractivity contribution >= 4 is 17.5 Å². The fourth-order valence-electron chi connectivity index (χ4n) is 3.27. The van der Waals surface area contributed by atoms with Gasteiger partial charge in [0.2, 0.25) is 5.95 Å². The minimum absolute atomic E-state index is 0.119. The quantitative estimate of drug-likeness (QED) is 0.692. The highest BCUT2D eigenvalue weighted by molar-refractivity contribution is 7.09. The number of aromatic nitrogens is 5. The second-order valence-corrected chi connectivity index (χ2v) is 7.65. The molecule has 0 spiro atoms. The van der Waals surface area contributed by atoms with Gasteiger partial charge in [-0.3, -0.25) is 0 Å². The van der Waals surface area contributed by atoms with Gasteiger partial charge in [0.25, 0.3) is 0 Å². The third-order valence-corrected chi connectivity index (χ3v) is 5.19. The molecule has 2 N–H and O–H groups in total. The normalized spacial score (nSPS) is 17.0. The molecule has 140 valence electrons. The Kier molecular flexibility index (Phi) is 4.95. The van der Waals surface area contributed by atoms with Gasteiger partial charge < -0.3 is 15.3 Å². The molecule has 0 unspecified atom stereocenters. The summed E-state index contributed by atoms with van der Waals surface area (Å²) in [4.78, 5) is 10.7. The molecule has 0 saturated carbocycles. The number of anilines is 1. The largest absolute Gasteiger partial charge is 0.507 e. The predicted octanol–water partition coefficient (Wildman–Crippen LogP) is 2.34. The molecular formula is C18H21N7OS. The number of nitrogens with zero attached hydrogens (tertiary/aromatic N) is 6. The third kappa shape index (κ3) is 3.88. The van der Waals surface area contributed by atoms with Gasteiger partial charge in [-0.05, 0) is 30.1 Å². The van der Waals surface area contributed by atoms with Gasteiger partial charge in [-0.1, -0.05) is 19.9 Å². The van der Waals surface area contributed by atoms with Crippen LogP contribution in [-0.4, -0.2) is 54.8 Å². The molecule has 1 aliphatic rings. The van der Waals surface area contributed by atoms with Gasteiger partial charge in [-0.25, -0.2) is 9.97 Å². The van der Waals surface area contributed by atoms with Crippen molar-refractivity contribution in [3.63, 3.8) is 0 Å². The van der Waals surface area contributed by atoms with E-state index in [2.05, 4.69) is 48.6 Å². The van der Waals surface area contributed by atoms with Crippen molar-refractivity contribution in [1.82, 2.24) is 29.9 Å². The minimum Gasteiger partial charge on any atom is -0.507 e. The smallest absolute Gasteiger partial charge is 0.245 e. The van der Waals surface area contributed by atoms with E-state index in [1.807, 2.05) is 6.07 Å². The number of phenolic OH excluding ortho intramolecular Hbond substituents is 1. The van der Waals surface area contributed by atoms with E-state index >= 15 is 0 Å². The van der Waals surface area contributed by atoms with Crippen LogP contribution in [0.2, 0.25) is 0 Å². The highest BCUT2D eigenvalue weighted by atomic mass is 32.1. The highest BCUT2D eigenvalue weighted by Crippen LogP contribution is 2.32. The van der Waals surface area contributed by atoms with E-state index in [0.29, 0.717) is 29.3 Å². The molecule has 0 radical (unpaired) electrons. The Balaban J connectivity index is 1.49. The van der Waals surface area contributed by atoms with Crippen molar-refractivity contribution in [2.45, 2.75) is 32.4 Å². The summed E-state index contributed by atoms with van der Waals surface area (Å²) in [6.45, 7) is 6.09. The predicted molar refractivity (Wildman–Crippen MR) is 105 cm³/mol. The second-order valence-electron chi connectivity index (χ2n) is 6.87. The maximum atomic E-state index is 10.4. The van der Waals surface area contributed by atoms with Crippen LogP contribution in [0.4, 0.5) is 5.95 Å². The van der Waals surface area contributed by atoms with Gasteiger partial charge in [0, 0.05) is 36.3 Å². The molecule has 3 aromatic rings. The average Bonchev–Trinajstić information content (AvgIpc) is 3.33. The van der Waals surface area contributed by atoms with Crippen LogP contribution < -0.4 is 10.2 Å². The van der Waals surface area contributed by atoms with E-state index in [9.17, 15) is 5.11 Å². The van der Waals surface area contributed by atoms with Gasteiger partial charge in [0.15, 0.2) is 0 Å². The lowest BCUT2D eigenvalue weighted by atomic mass is 10.1. The summed E-state index contributed by atoms with van der Waals surface area (Å²) in [5.41, 5.74) is 1.95. The van der Waals surface area contributed by atoms with Crippen LogP contribution in [0.25, 0.3) is 21.8 Å². The summed E-state index contributed by atoms with van der Waals surface area (Å²) in [6.07, 6.45) is 4.22. The molecule has 1 aromatic carbocycles. The zero-order valence-corrected chi connectivity index (χ0v) is 16.0. The van der Waals surface area contributed by atoms with Gasteiger partial charge in [-0.2, -0.15) is 4.37 Å². The maximum Gasteiger partial charge on any atom is 0.245 e. The van der Waals surface area contributed by atoms with E-state index in [1.165, 1.54) is 17.9 Å². The molecule has 2 aromatic heterocycles. The van der Waals surface area contributed by atoms with Crippen molar-refractivity contribution in [3.8, 4) is 27.6 Å². The monoisotopic (exact) mass is 383 g/mol. The number of nitrogens with one attached hydrogen (secondary N) is 1. The van der Waals surface area contributed by atoms with Crippen molar-refractivity contribution in [2.24, 2.45) is 0 Å². The summed E-state index contributed by atoms with van der Waals surface area (Å²) in [5, 5.41) is 23.2. The van der Waals surface area contributed by atoms with Gasteiger partial charge in [-0.15, -0.1) is 10.2 Å².